The Bertz CT molecular complexity index is 991. The van der Waals surface area contributed by atoms with E-state index in [9.17, 15) is 13.6 Å². The van der Waals surface area contributed by atoms with Crippen LogP contribution in [-0.4, -0.2) is 20.1 Å². The van der Waals surface area contributed by atoms with Crippen LogP contribution in [0.5, 0.6) is 11.5 Å². The number of hydrogen-bond donors (Lipinski definition) is 2. The van der Waals surface area contributed by atoms with Gasteiger partial charge in [-0.3, -0.25) is 4.79 Å². The first-order valence-corrected chi connectivity index (χ1v) is 8.35. The third kappa shape index (κ3) is 4.37. The number of amides is 1. The summed E-state index contributed by atoms with van der Waals surface area (Å²) in [6.45, 7) is 0. The Morgan fingerprint density at radius 1 is 0.821 bits per heavy atom. The molecule has 0 radical (unpaired) electrons. The normalized spacial score (nSPS) is 10.3. The molecular formula is C21H18F2N2O3. The van der Waals surface area contributed by atoms with E-state index in [0.29, 0.717) is 17.2 Å². The van der Waals surface area contributed by atoms with Gasteiger partial charge in [-0.25, -0.2) is 8.78 Å². The monoisotopic (exact) mass is 384 g/mol. The van der Waals surface area contributed by atoms with Crippen LogP contribution in [0.25, 0.3) is 0 Å². The van der Waals surface area contributed by atoms with E-state index in [4.69, 9.17) is 9.47 Å². The lowest BCUT2D eigenvalue weighted by atomic mass is 10.2. The van der Waals surface area contributed by atoms with Gasteiger partial charge >= 0.3 is 0 Å². The van der Waals surface area contributed by atoms with Crippen LogP contribution >= 0.6 is 0 Å². The number of ether oxygens (including phenoxy) is 2. The Morgan fingerprint density at radius 2 is 1.54 bits per heavy atom. The maximum Gasteiger partial charge on any atom is 0.255 e. The first-order chi connectivity index (χ1) is 13.5. The van der Waals surface area contributed by atoms with E-state index >= 15 is 0 Å². The van der Waals surface area contributed by atoms with Gasteiger partial charge in [-0.2, -0.15) is 0 Å². The third-order valence-corrected chi connectivity index (χ3v) is 4.01. The van der Waals surface area contributed by atoms with Gasteiger partial charge in [0.1, 0.15) is 11.5 Å². The SMILES string of the molecule is COc1ccc(OC)c(Nc2ccc(NC(=O)c3ccc(F)c(F)c3)cc2)c1. The summed E-state index contributed by atoms with van der Waals surface area (Å²) < 4.78 is 36.8. The van der Waals surface area contributed by atoms with Crippen molar-refractivity contribution in [3.63, 3.8) is 0 Å². The van der Waals surface area contributed by atoms with Crippen molar-refractivity contribution in [2.45, 2.75) is 0 Å². The van der Waals surface area contributed by atoms with Crippen molar-refractivity contribution in [3.05, 3.63) is 77.9 Å². The van der Waals surface area contributed by atoms with Crippen LogP contribution in [0.2, 0.25) is 0 Å². The van der Waals surface area contributed by atoms with Crippen LogP contribution in [0.15, 0.2) is 60.7 Å². The highest BCUT2D eigenvalue weighted by Crippen LogP contribution is 2.31. The minimum atomic E-state index is -1.07. The molecule has 0 unspecified atom stereocenters. The molecule has 7 heteroatoms. The molecule has 5 nitrogen and oxygen atoms in total. The molecule has 0 saturated carbocycles. The molecule has 28 heavy (non-hydrogen) atoms. The van der Waals surface area contributed by atoms with E-state index in [1.54, 1.807) is 56.7 Å². The zero-order valence-electron chi connectivity index (χ0n) is 15.3. The summed E-state index contributed by atoms with van der Waals surface area (Å²) in [5.41, 5.74) is 2.03. The van der Waals surface area contributed by atoms with Gasteiger partial charge in [0.05, 0.1) is 19.9 Å². The molecule has 0 atom stereocenters. The van der Waals surface area contributed by atoms with Gasteiger partial charge in [-0.1, -0.05) is 0 Å². The first-order valence-electron chi connectivity index (χ1n) is 8.35. The summed E-state index contributed by atoms with van der Waals surface area (Å²) in [6.07, 6.45) is 0. The lowest BCUT2D eigenvalue weighted by Crippen LogP contribution is -2.12. The molecule has 3 aromatic carbocycles. The van der Waals surface area contributed by atoms with Crippen molar-refractivity contribution >= 4 is 23.0 Å². The fourth-order valence-electron chi connectivity index (χ4n) is 2.54. The maximum atomic E-state index is 13.3. The number of nitrogens with one attached hydrogen (secondary N) is 2. The fraction of sp³-hybridized carbons (Fsp3) is 0.0952. The van der Waals surface area contributed by atoms with Crippen LogP contribution in [0.3, 0.4) is 0 Å². The Labute approximate surface area is 160 Å². The molecule has 0 fully saturated rings. The van der Waals surface area contributed by atoms with Crippen molar-refractivity contribution in [2.24, 2.45) is 0 Å². The summed E-state index contributed by atoms with van der Waals surface area (Å²) in [5, 5.41) is 5.85. The van der Waals surface area contributed by atoms with Gasteiger partial charge in [-0.15, -0.1) is 0 Å². The highest BCUT2D eigenvalue weighted by atomic mass is 19.2. The van der Waals surface area contributed by atoms with Crippen LogP contribution in [0, 0.1) is 11.6 Å². The fourth-order valence-corrected chi connectivity index (χ4v) is 2.54. The molecule has 1 amide bonds. The molecular weight excluding hydrogens is 366 g/mol. The molecule has 0 heterocycles. The number of halogens is 2. The van der Waals surface area contributed by atoms with Crippen molar-refractivity contribution in [3.8, 4) is 11.5 Å². The number of hydrogen-bond acceptors (Lipinski definition) is 4. The molecule has 3 aromatic rings. The lowest BCUT2D eigenvalue weighted by molar-refractivity contribution is 0.102. The molecule has 0 aliphatic rings. The van der Waals surface area contributed by atoms with Gasteiger partial charge < -0.3 is 20.1 Å². The van der Waals surface area contributed by atoms with Gasteiger partial charge in [0.15, 0.2) is 11.6 Å². The number of carbonyl (C=O) groups is 1. The van der Waals surface area contributed by atoms with Gasteiger partial charge in [-0.05, 0) is 54.6 Å². The Balaban J connectivity index is 1.71. The number of methoxy groups -OCH3 is 2. The number of benzene rings is 3. The Morgan fingerprint density at radius 3 is 2.18 bits per heavy atom. The highest BCUT2D eigenvalue weighted by Gasteiger charge is 2.10. The molecule has 3 rings (SSSR count). The third-order valence-electron chi connectivity index (χ3n) is 4.01. The summed E-state index contributed by atoms with van der Waals surface area (Å²) in [7, 11) is 3.15. The van der Waals surface area contributed by atoms with Crippen LogP contribution in [-0.2, 0) is 0 Å². The van der Waals surface area contributed by atoms with E-state index < -0.39 is 17.5 Å². The second-order valence-corrected chi connectivity index (χ2v) is 5.85. The van der Waals surface area contributed by atoms with Crippen LogP contribution in [0.4, 0.5) is 25.8 Å². The molecule has 0 spiro atoms. The molecule has 0 aliphatic carbocycles. The summed E-state index contributed by atoms with van der Waals surface area (Å²) in [5.74, 6) is -1.27. The van der Waals surface area contributed by atoms with Gasteiger partial charge in [0.25, 0.3) is 5.91 Å². The number of anilines is 3. The highest BCUT2D eigenvalue weighted by molar-refractivity contribution is 6.04. The van der Waals surface area contributed by atoms with Crippen LogP contribution in [0.1, 0.15) is 10.4 Å². The largest absolute Gasteiger partial charge is 0.497 e. The molecule has 0 aliphatic heterocycles. The Hall–Kier alpha value is -3.61. The Kier molecular flexibility index (Phi) is 5.74. The van der Waals surface area contributed by atoms with Gasteiger partial charge in [0, 0.05) is 23.0 Å². The molecule has 2 N–H and O–H groups in total. The molecule has 144 valence electrons. The van der Waals surface area contributed by atoms with Crippen molar-refractivity contribution in [1.29, 1.82) is 0 Å². The predicted octanol–water partition coefficient (Wildman–Crippen LogP) is 4.98. The zero-order chi connectivity index (χ0) is 20.1. The smallest absolute Gasteiger partial charge is 0.255 e. The second kappa shape index (κ2) is 8.39. The second-order valence-electron chi connectivity index (χ2n) is 5.85. The molecule has 0 saturated heterocycles. The van der Waals surface area contributed by atoms with Crippen molar-refractivity contribution in [1.82, 2.24) is 0 Å². The summed E-state index contributed by atoms with van der Waals surface area (Å²) >= 11 is 0. The van der Waals surface area contributed by atoms with E-state index in [1.807, 2.05) is 0 Å². The van der Waals surface area contributed by atoms with E-state index in [2.05, 4.69) is 10.6 Å². The standard InChI is InChI=1S/C21H18F2N2O3/c1-27-16-8-10-20(28-2)19(12-16)24-14-4-6-15(7-5-14)25-21(26)13-3-9-17(22)18(23)11-13/h3-12,24H,1-2H3,(H,25,26). The minimum Gasteiger partial charge on any atom is -0.497 e. The first kappa shape index (κ1) is 19.2. The average Bonchev–Trinajstić information content (AvgIpc) is 2.71. The van der Waals surface area contributed by atoms with E-state index in [1.165, 1.54) is 6.07 Å². The molecule has 0 bridgehead atoms. The number of carbonyl (C=O) groups excluding carboxylic acids is 1. The van der Waals surface area contributed by atoms with E-state index in [0.717, 1.165) is 23.5 Å². The maximum absolute atomic E-state index is 13.3. The topological polar surface area (TPSA) is 59.6 Å². The number of rotatable bonds is 6. The van der Waals surface area contributed by atoms with E-state index in [-0.39, 0.29) is 5.56 Å². The average molecular weight is 384 g/mol. The summed E-state index contributed by atoms with van der Waals surface area (Å²) in [4.78, 5) is 12.2. The van der Waals surface area contributed by atoms with Crippen molar-refractivity contribution in [2.75, 3.05) is 24.9 Å². The quantitative estimate of drug-likeness (QED) is 0.629. The zero-order valence-corrected chi connectivity index (χ0v) is 15.3. The van der Waals surface area contributed by atoms with Crippen LogP contribution < -0.4 is 20.1 Å². The van der Waals surface area contributed by atoms with Gasteiger partial charge in [0.2, 0.25) is 0 Å². The minimum absolute atomic E-state index is 0.0298. The molecule has 0 aromatic heterocycles. The predicted molar refractivity (Wildman–Crippen MR) is 104 cm³/mol. The van der Waals surface area contributed by atoms with Crippen molar-refractivity contribution < 1.29 is 23.0 Å². The lowest BCUT2D eigenvalue weighted by Gasteiger charge is -2.13. The summed E-state index contributed by atoms with van der Waals surface area (Å²) in [6, 6.07) is 15.3.